The molecule has 0 fully saturated rings. The quantitative estimate of drug-likeness (QED) is 0.492. The highest BCUT2D eigenvalue weighted by Crippen LogP contribution is 2.26. The maximum Gasteiger partial charge on any atom is 0.270 e. The van der Waals surface area contributed by atoms with Crippen molar-refractivity contribution in [3.63, 3.8) is 0 Å². The minimum atomic E-state index is -0.449. The number of anilines is 1. The first-order chi connectivity index (χ1) is 13.1. The van der Waals surface area contributed by atoms with Crippen LogP contribution in [0.3, 0.4) is 0 Å². The van der Waals surface area contributed by atoms with Crippen LogP contribution in [0, 0.1) is 0 Å². The Kier molecular flexibility index (Phi) is 4.43. The number of nitrogen functional groups attached to an aromatic ring is 1. The molecule has 8 nitrogen and oxygen atoms in total. The van der Waals surface area contributed by atoms with Gasteiger partial charge in [-0.2, -0.15) is 5.10 Å². The number of amides is 1. The molecule has 136 valence electrons. The van der Waals surface area contributed by atoms with E-state index in [0.717, 1.165) is 11.3 Å². The van der Waals surface area contributed by atoms with Crippen LogP contribution in [0.4, 0.5) is 5.13 Å². The molecule has 0 saturated carbocycles. The molecule has 0 aliphatic heterocycles. The number of H-pyrrole nitrogens is 1. The van der Waals surface area contributed by atoms with Gasteiger partial charge < -0.3 is 15.6 Å². The second kappa shape index (κ2) is 7.04. The Morgan fingerprint density at radius 3 is 2.70 bits per heavy atom. The summed E-state index contributed by atoms with van der Waals surface area (Å²) in [6.45, 7) is 0. The van der Waals surface area contributed by atoms with Crippen LogP contribution in [-0.4, -0.2) is 30.9 Å². The molecule has 0 aliphatic rings. The van der Waals surface area contributed by atoms with Crippen LogP contribution in [0.2, 0.25) is 0 Å². The van der Waals surface area contributed by atoms with Gasteiger partial charge in [-0.15, -0.1) is 10.2 Å². The van der Waals surface area contributed by atoms with Crippen LogP contribution < -0.4 is 11.1 Å². The monoisotopic (exact) mass is 379 g/mol. The summed E-state index contributed by atoms with van der Waals surface area (Å²) in [4.78, 5) is 12.8. The van der Waals surface area contributed by atoms with Crippen LogP contribution in [0.25, 0.3) is 11.4 Å². The fourth-order valence-electron chi connectivity index (χ4n) is 2.80. The zero-order chi connectivity index (χ0) is 18.8. The largest absolute Gasteiger partial charge is 0.374 e. The number of carbonyl (C=O) groups excluding carboxylic acids is 1. The third kappa shape index (κ3) is 3.44. The maximum atomic E-state index is 12.8. The molecule has 3 aromatic heterocycles. The number of aryl methyl sites for hydroxylation is 1. The van der Waals surface area contributed by atoms with Gasteiger partial charge in [0.2, 0.25) is 5.13 Å². The second-order valence-electron chi connectivity index (χ2n) is 5.97. The summed E-state index contributed by atoms with van der Waals surface area (Å²) in [5, 5.41) is 19.0. The lowest BCUT2D eigenvalue weighted by Gasteiger charge is -2.15. The number of nitrogens with one attached hydrogen (secondary N) is 2. The third-order valence-corrected chi connectivity index (χ3v) is 4.96. The smallest absolute Gasteiger partial charge is 0.270 e. The lowest BCUT2D eigenvalue weighted by molar-refractivity contribution is 0.0938. The molecule has 3 heterocycles. The molecule has 1 aromatic carbocycles. The van der Waals surface area contributed by atoms with Crippen molar-refractivity contribution in [3.8, 4) is 11.4 Å². The molecule has 0 bridgehead atoms. The van der Waals surface area contributed by atoms with E-state index in [-0.39, 0.29) is 5.91 Å². The van der Waals surface area contributed by atoms with Crippen molar-refractivity contribution in [2.24, 2.45) is 7.05 Å². The van der Waals surface area contributed by atoms with Crippen molar-refractivity contribution in [3.05, 3.63) is 71.0 Å². The first-order valence-corrected chi connectivity index (χ1v) is 9.05. The average Bonchev–Trinajstić information content (AvgIpc) is 3.41. The molecule has 1 amide bonds. The number of hydrogen-bond acceptors (Lipinski definition) is 6. The van der Waals surface area contributed by atoms with Gasteiger partial charge in [-0.1, -0.05) is 41.7 Å². The Morgan fingerprint density at radius 1 is 1.22 bits per heavy atom. The Balaban J connectivity index is 1.61. The number of nitrogens with two attached hydrogens (primary N) is 1. The Labute approximate surface area is 159 Å². The van der Waals surface area contributed by atoms with Gasteiger partial charge in [0.05, 0.1) is 5.69 Å². The molecule has 0 spiro atoms. The molecule has 0 radical (unpaired) electrons. The van der Waals surface area contributed by atoms with Gasteiger partial charge in [0.1, 0.15) is 22.4 Å². The molecule has 4 aromatic rings. The summed E-state index contributed by atoms with van der Waals surface area (Å²) < 4.78 is 1.94. The van der Waals surface area contributed by atoms with Gasteiger partial charge in [-0.3, -0.25) is 9.89 Å². The Bertz CT molecular complexity index is 1070. The van der Waals surface area contributed by atoms with Gasteiger partial charge in [-0.25, -0.2) is 0 Å². The average molecular weight is 379 g/mol. The maximum absolute atomic E-state index is 12.8. The summed E-state index contributed by atoms with van der Waals surface area (Å²) in [6, 6.07) is 14.7. The minimum Gasteiger partial charge on any atom is -0.374 e. The van der Waals surface area contributed by atoms with E-state index in [2.05, 4.69) is 25.7 Å². The van der Waals surface area contributed by atoms with Crippen molar-refractivity contribution >= 4 is 22.4 Å². The Hall–Kier alpha value is -3.46. The highest BCUT2D eigenvalue weighted by molar-refractivity contribution is 7.15. The fraction of sp³-hybridized carbons (Fsp3) is 0.111. The van der Waals surface area contributed by atoms with Crippen LogP contribution in [0.15, 0.2) is 54.7 Å². The second-order valence-corrected chi connectivity index (χ2v) is 7.01. The van der Waals surface area contributed by atoms with E-state index in [1.807, 2.05) is 60.3 Å². The number of aromatic amines is 1. The van der Waals surface area contributed by atoms with Crippen LogP contribution >= 0.6 is 11.3 Å². The molecular weight excluding hydrogens is 362 g/mol. The lowest BCUT2D eigenvalue weighted by Crippen LogP contribution is -2.29. The molecular formula is C18H17N7OS. The van der Waals surface area contributed by atoms with Crippen molar-refractivity contribution < 1.29 is 4.79 Å². The van der Waals surface area contributed by atoms with Crippen molar-refractivity contribution in [2.45, 2.75) is 6.04 Å². The zero-order valence-electron chi connectivity index (χ0n) is 14.5. The van der Waals surface area contributed by atoms with Crippen molar-refractivity contribution in [2.75, 3.05) is 5.73 Å². The van der Waals surface area contributed by atoms with Crippen LogP contribution in [0.5, 0.6) is 0 Å². The highest BCUT2D eigenvalue weighted by atomic mass is 32.1. The van der Waals surface area contributed by atoms with E-state index in [4.69, 9.17) is 5.73 Å². The fourth-order valence-corrected chi connectivity index (χ4v) is 3.49. The van der Waals surface area contributed by atoms with Gasteiger partial charge in [0, 0.05) is 13.2 Å². The summed E-state index contributed by atoms with van der Waals surface area (Å²) in [6.07, 6.45) is 1.93. The first kappa shape index (κ1) is 17.0. The zero-order valence-corrected chi connectivity index (χ0v) is 15.3. The molecule has 0 saturated heterocycles. The summed E-state index contributed by atoms with van der Waals surface area (Å²) in [7, 11) is 1.93. The number of aromatic nitrogens is 5. The van der Waals surface area contributed by atoms with E-state index in [0.29, 0.717) is 21.5 Å². The van der Waals surface area contributed by atoms with E-state index >= 15 is 0 Å². The lowest BCUT2D eigenvalue weighted by atomic mass is 10.1. The topological polar surface area (TPSA) is 115 Å². The highest BCUT2D eigenvalue weighted by Gasteiger charge is 2.23. The summed E-state index contributed by atoms with van der Waals surface area (Å²) in [5.74, 6) is -0.286. The predicted molar refractivity (Wildman–Crippen MR) is 103 cm³/mol. The van der Waals surface area contributed by atoms with E-state index < -0.39 is 6.04 Å². The van der Waals surface area contributed by atoms with Gasteiger partial charge in [0.15, 0.2) is 0 Å². The predicted octanol–water partition coefficient (Wildman–Crippen LogP) is 2.37. The van der Waals surface area contributed by atoms with E-state index in [1.165, 1.54) is 11.3 Å². The third-order valence-electron chi connectivity index (χ3n) is 4.14. The molecule has 0 unspecified atom stereocenters. The molecule has 27 heavy (non-hydrogen) atoms. The standard InChI is InChI=1S/C18H17N7OS/c1-25-9-5-8-14(25)12-10-13(22-21-12)16(26)20-15(11-6-3-2-4-7-11)17-23-24-18(19)27-17/h2-10,15H,1H3,(H2,19,24)(H,20,26)(H,21,22)/t15-/m0/s1. The molecule has 9 heteroatoms. The number of rotatable bonds is 5. The van der Waals surface area contributed by atoms with E-state index in [1.54, 1.807) is 6.07 Å². The van der Waals surface area contributed by atoms with Gasteiger partial charge in [-0.05, 0) is 23.8 Å². The van der Waals surface area contributed by atoms with Gasteiger partial charge in [0.25, 0.3) is 5.91 Å². The van der Waals surface area contributed by atoms with Crippen LogP contribution in [0.1, 0.15) is 27.1 Å². The molecule has 4 N–H and O–H groups in total. The van der Waals surface area contributed by atoms with Gasteiger partial charge >= 0.3 is 0 Å². The van der Waals surface area contributed by atoms with Crippen LogP contribution in [-0.2, 0) is 7.05 Å². The SMILES string of the molecule is Cn1cccc1-c1cc(C(=O)N[C@@H](c2ccccc2)c2nnc(N)s2)[nH]n1. The molecule has 4 rings (SSSR count). The van der Waals surface area contributed by atoms with Crippen molar-refractivity contribution in [1.82, 2.24) is 30.3 Å². The number of benzene rings is 1. The number of hydrogen-bond donors (Lipinski definition) is 3. The summed E-state index contributed by atoms with van der Waals surface area (Å²) >= 11 is 1.24. The molecule has 1 atom stereocenters. The minimum absolute atomic E-state index is 0.286. The number of nitrogens with zero attached hydrogens (tertiary/aromatic N) is 4. The normalized spacial score (nSPS) is 12.0. The van der Waals surface area contributed by atoms with Crippen molar-refractivity contribution in [1.29, 1.82) is 0 Å². The first-order valence-electron chi connectivity index (χ1n) is 8.23. The molecule has 0 aliphatic carbocycles. The van der Waals surface area contributed by atoms with E-state index in [9.17, 15) is 4.79 Å². The summed E-state index contributed by atoms with van der Waals surface area (Å²) in [5.41, 5.74) is 8.60. The Morgan fingerprint density at radius 2 is 2.04 bits per heavy atom. The number of carbonyl (C=O) groups is 1.